The molecule has 0 bridgehead atoms. The molecule has 1 unspecified atom stereocenters. The van der Waals surface area contributed by atoms with Crippen molar-refractivity contribution in [3.63, 3.8) is 0 Å². The van der Waals surface area contributed by atoms with Gasteiger partial charge in [-0.1, -0.05) is 26.3 Å². The molecule has 1 aromatic rings. The van der Waals surface area contributed by atoms with E-state index in [-0.39, 0.29) is 19.4 Å². The third-order valence-electron chi connectivity index (χ3n) is 3.46. The molecule has 0 radical (unpaired) electrons. The summed E-state index contributed by atoms with van der Waals surface area (Å²) in [6.07, 6.45) is 2.38. The van der Waals surface area contributed by atoms with Gasteiger partial charge in [0.15, 0.2) is 5.66 Å². The van der Waals surface area contributed by atoms with Gasteiger partial charge in [0.2, 0.25) is 5.91 Å². The highest BCUT2D eigenvalue weighted by molar-refractivity contribution is 5.93. The average molecular weight is 321 g/mol. The Balaban J connectivity index is 3.28. The van der Waals surface area contributed by atoms with Crippen molar-refractivity contribution in [2.24, 2.45) is 11.5 Å². The first-order valence-corrected chi connectivity index (χ1v) is 7.45. The van der Waals surface area contributed by atoms with Crippen LogP contribution in [0.25, 0.3) is 0 Å². The highest BCUT2D eigenvalue weighted by Gasteiger charge is 2.45. The molecule has 126 valence electrons. The standard InChI is InChI=1S/C15H23N5O3/c1-3-8-15(13(16)22,19-12(21)4-2)20(14(17)23)10-11-7-5-6-9-18-11/h5-7,9H,3-4,8,10H2,1-2H3,(H2,16,22)(H2,17,23)(H,19,21). The number of nitrogens with one attached hydrogen (secondary N) is 1. The second kappa shape index (κ2) is 8.11. The van der Waals surface area contributed by atoms with Crippen LogP contribution in [0.5, 0.6) is 0 Å². The molecule has 0 aliphatic heterocycles. The van der Waals surface area contributed by atoms with E-state index in [1.54, 1.807) is 31.3 Å². The Morgan fingerprint density at radius 2 is 1.96 bits per heavy atom. The monoisotopic (exact) mass is 321 g/mol. The lowest BCUT2D eigenvalue weighted by molar-refractivity contribution is -0.138. The van der Waals surface area contributed by atoms with Crippen LogP contribution in [-0.4, -0.2) is 33.4 Å². The predicted molar refractivity (Wildman–Crippen MR) is 84.6 cm³/mol. The summed E-state index contributed by atoms with van der Waals surface area (Å²) in [6.45, 7) is 3.42. The Bertz CT molecular complexity index is 563. The fourth-order valence-corrected chi connectivity index (χ4v) is 2.32. The number of carbonyl (C=O) groups excluding carboxylic acids is 3. The molecule has 0 saturated heterocycles. The third-order valence-corrected chi connectivity index (χ3v) is 3.46. The van der Waals surface area contributed by atoms with Gasteiger partial charge < -0.3 is 16.8 Å². The molecule has 0 aliphatic rings. The van der Waals surface area contributed by atoms with Gasteiger partial charge in [-0.3, -0.25) is 19.5 Å². The number of amides is 4. The lowest BCUT2D eigenvalue weighted by Crippen LogP contribution is -2.69. The summed E-state index contributed by atoms with van der Waals surface area (Å²) in [5, 5.41) is 2.57. The quantitative estimate of drug-likeness (QED) is 0.600. The number of nitrogens with zero attached hydrogens (tertiary/aromatic N) is 2. The van der Waals surface area contributed by atoms with Gasteiger partial charge in [-0.25, -0.2) is 4.79 Å². The van der Waals surface area contributed by atoms with Gasteiger partial charge in [0, 0.05) is 12.6 Å². The zero-order chi connectivity index (χ0) is 17.5. The molecule has 1 heterocycles. The maximum absolute atomic E-state index is 12.1. The molecule has 23 heavy (non-hydrogen) atoms. The first-order chi connectivity index (χ1) is 10.9. The molecule has 1 atom stereocenters. The fraction of sp³-hybridized carbons (Fsp3) is 0.467. The highest BCUT2D eigenvalue weighted by Crippen LogP contribution is 2.21. The van der Waals surface area contributed by atoms with Crippen LogP contribution in [0, 0.1) is 0 Å². The molecule has 0 aromatic carbocycles. The Morgan fingerprint density at radius 3 is 2.39 bits per heavy atom. The Morgan fingerprint density at radius 1 is 1.26 bits per heavy atom. The van der Waals surface area contributed by atoms with E-state index in [1.807, 2.05) is 6.92 Å². The lowest BCUT2D eigenvalue weighted by atomic mass is 10.00. The fourth-order valence-electron chi connectivity index (χ4n) is 2.32. The molecule has 0 spiro atoms. The maximum atomic E-state index is 12.1. The summed E-state index contributed by atoms with van der Waals surface area (Å²) < 4.78 is 0. The second-order valence-electron chi connectivity index (χ2n) is 5.12. The Labute approximate surface area is 135 Å². The molecule has 5 N–H and O–H groups in total. The van der Waals surface area contributed by atoms with Crippen molar-refractivity contribution in [3.8, 4) is 0 Å². The largest absolute Gasteiger partial charge is 0.366 e. The molecule has 1 rings (SSSR count). The van der Waals surface area contributed by atoms with Crippen LogP contribution in [0.3, 0.4) is 0 Å². The number of hydrogen-bond donors (Lipinski definition) is 3. The Hall–Kier alpha value is -2.64. The number of rotatable bonds is 8. The minimum absolute atomic E-state index is 0.0386. The van der Waals surface area contributed by atoms with Gasteiger partial charge >= 0.3 is 6.03 Å². The van der Waals surface area contributed by atoms with Gasteiger partial charge in [0.25, 0.3) is 5.91 Å². The first-order valence-electron chi connectivity index (χ1n) is 7.45. The molecule has 0 saturated carbocycles. The van der Waals surface area contributed by atoms with Crippen molar-refractivity contribution in [1.29, 1.82) is 0 Å². The van der Waals surface area contributed by atoms with Crippen LogP contribution in [0.4, 0.5) is 4.79 Å². The smallest absolute Gasteiger partial charge is 0.317 e. The number of carbonyl (C=O) groups is 3. The van der Waals surface area contributed by atoms with E-state index in [0.717, 1.165) is 4.90 Å². The highest BCUT2D eigenvalue weighted by atomic mass is 16.2. The molecular weight excluding hydrogens is 298 g/mol. The SMILES string of the molecule is CCCC(NC(=O)CC)(C(N)=O)N(Cc1ccccn1)C(N)=O. The molecular formula is C15H23N5O3. The number of primary amides is 2. The number of hydrogen-bond acceptors (Lipinski definition) is 4. The van der Waals surface area contributed by atoms with Crippen LogP contribution < -0.4 is 16.8 Å². The molecule has 4 amide bonds. The van der Waals surface area contributed by atoms with Gasteiger partial charge in [-0.2, -0.15) is 0 Å². The Kier molecular flexibility index (Phi) is 6.49. The molecule has 8 nitrogen and oxygen atoms in total. The lowest BCUT2D eigenvalue weighted by Gasteiger charge is -2.40. The van der Waals surface area contributed by atoms with E-state index in [1.165, 1.54) is 0 Å². The molecule has 0 aliphatic carbocycles. The minimum Gasteiger partial charge on any atom is -0.366 e. The topological polar surface area (TPSA) is 131 Å². The van der Waals surface area contributed by atoms with Gasteiger partial charge in [-0.05, 0) is 18.6 Å². The van der Waals surface area contributed by atoms with Crippen molar-refractivity contribution >= 4 is 17.8 Å². The molecule has 1 aromatic heterocycles. The van der Waals surface area contributed by atoms with Crippen LogP contribution in [0.15, 0.2) is 24.4 Å². The van der Waals surface area contributed by atoms with Crippen molar-refractivity contribution in [2.45, 2.75) is 45.3 Å². The minimum atomic E-state index is -1.68. The van der Waals surface area contributed by atoms with Crippen molar-refractivity contribution in [1.82, 2.24) is 15.2 Å². The average Bonchev–Trinajstić information content (AvgIpc) is 2.52. The summed E-state index contributed by atoms with van der Waals surface area (Å²) in [4.78, 5) is 41.2. The summed E-state index contributed by atoms with van der Waals surface area (Å²) in [5.74, 6) is -1.24. The summed E-state index contributed by atoms with van der Waals surface area (Å²) >= 11 is 0. The van der Waals surface area contributed by atoms with Crippen LogP contribution in [0.2, 0.25) is 0 Å². The van der Waals surface area contributed by atoms with E-state index in [4.69, 9.17) is 11.5 Å². The zero-order valence-electron chi connectivity index (χ0n) is 13.4. The second-order valence-corrected chi connectivity index (χ2v) is 5.12. The predicted octanol–water partition coefficient (Wildman–Crippen LogP) is 0.470. The van der Waals surface area contributed by atoms with Gasteiger partial charge in [0.1, 0.15) is 0 Å². The molecule has 8 heteroatoms. The van der Waals surface area contributed by atoms with E-state index < -0.39 is 23.5 Å². The number of nitrogens with two attached hydrogens (primary N) is 2. The zero-order valence-corrected chi connectivity index (χ0v) is 13.4. The van der Waals surface area contributed by atoms with E-state index in [2.05, 4.69) is 10.3 Å². The third kappa shape index (κ3) is 4.41. The van der Waals surface area contributed by atoms with Crippen LogP contribution in [0.1, 0.15) is 38.8 Å². The summed E-state index contributed by atoms with van der Waals surface area (Å²) in [5.41, 5.74) is 9.84. The van der Waals surface area contributed by atoms with E-state index >= 15 is 0 Å². The van der Waals surface area contributed by atoms with Gasteiger partial charge in [0.05, 0.1) is 12.2 Å². The molecule has 0 fully saturated rings. The van der Waals surface area contributed by atoms with Crippen molar-refractivity contribution in [2.75, 3.05) is 0 Å². The summed E-state index contributed by atoms with van der Waals surface area (Å²) in [7, 11) is 0. The maximum Gasteiger partial charge on any atom is 0.317 e. The van der Waals surface area contributed by atoms with Gasteiger partial charge in [-0.15, -0.1) is 0 Å². The van der Waals surface area contributed by atoms with Crippen molar-refractivity contribution < 1.29 is 14.4 Å². The number of aromatic nitrogens is 1. The van der Waals surface area contributed by atoms with E-state index in [0.29, 0.717) is 12.1 Å². The van der Waals surface area contributed by atoms with Crippen LogP contribution >= 0.6 is 0 Å². The van der Waals surface area contributed by atoms with Crippen LogP contribution in [-0.2, 0) is 16.1 Å². The first kappa shape index (κ1) is 18.4. The normalized spacial score (nSPS) is 13.0. The number of pyridine rings is 1. The summed E-state index contributed by atoms with van der Waals surface area (Å²) in [6, 6.07) is 4.30. The van der Waals surface area contributed by atoms with E-state index in [9.17, 15) is 14.4 Å². The van der Waals surface area contributed by atoms with Crippen molar-refractivity contribution in [3.05, 3.63) is 30.1 Å². The number of urea groups is 1.